The van der Waals surface area contributed by atoms with Gasteiger partial charge >= 0.3 is 0 Å². The molecule has 1 aliphatic rings. The summed E-state index contributed by atoms with van der Waals surface area (Å²) in [6.45, 7) is 4.32. The summed E-state index contributed by atoms with van der Waals surface area (Å²) in [7, 11) is 0. The van der Waals surface area contributed by atoms with Gasteiger partial charge in [0.2, 0.25) is 0 Å². The third kappa shape index (κ3) is 1.42. The lowest BCUT2D eigenvalue weighted by Gasteiger charge is -2.01. The molecule has 0 aliphatic carbocycles. The second kappa shape index (κ2) is 2.92. The average molecular weight is 144 g/mol. The Morgan fingerprint density at radius 3 is 2.70 bits per heavy atom. The summed E-state index contributed by atoms with van der Waals surface area (Å²) >= 11 is 0. The standard InChI is InChI=1S/C7H12O3/c1-5(2)7-9-4-6(3-8)10-7/h6,8H,3-4H2,1-2H3. The molecular weight excluding hydrogens is 132 g/mol. The molecule has 0 aromatic heterocycles. The van der Waals surface area contributed by atoms with E-state index in [4.69, 9.17) is 14.6 Å². The van der Waals surface area contributed by atoms with Crippen LogP contribution in [0.3, 0.4) is 0 Å². The van der Waals surface area contributed by atoms with E-state index < -0.39 is 0 Å². The van der Waals surface area contributed by atoms with E-state index >= 15 is 0 Å². The summed E-state index contributed by atoms with van der Waals surface area (Å²) in [6.07, 6.45) is -0.162. The summed E-state index contributed by atoms with van der Waals surface area (Å²) in [5.41, 5.74) is 1.01. The Bertz CT molecular complexity index is 147. The van der Waals surface area contributed by atoms with Gasteiger partial charge in [0.15, 0.2) is 6.10 Å². The van der Waals surface area contributed by atoms with E-state index in [0.29, 0.717) is 12.6 Å². The van der Waals surface area contributed by atoms with E-state index in [9.17, 15) is 0 Å². The number of ether oxygens (including phenoxy) is 2. The van der Waals surface area contributed by atoms with Crippen molar-refractivity contribution < 1.29 is 14.6 Å². The SMILES string of the molecule is CC(C)=C1OCC(CO)O1. The van der Waals surface area contributed by atoms with E-state index in [-0.39, 0.29) is 12.7 Å². The third-order valence-corrected chi connectivity index (χ3v) is 1.29. The van der Waals surface area contributed by atoms with Crippen molar-refractivity contribution in [2.45, 2.75) is 20.0 Å². The minimum atomic E-state index is -0.162. The van der Waals surface area contributed by atoms with E-state index in [1.165, 1.54) is 0 Å². The number of allylic oxidation sites excluding steroid dienone is 1. The molecule has 1 N–H and O–H groups in total. The van der Waals surface area contributed by atoms with Crippen LogP contribution in [-0.2, 0) is 9.47 Å². The lowest BCUT2D eigenvalue weighted by molar-refractivity contribution is 0.0912. The Morgan fingerprint density at radius 2 is 2.40 bits per heavy atom. The van der Waals surface area contributed by atoms with Crippen LogP contribution in [-0.4, -0.2) is 24.4 Å². The van der Waals surface area contributed by atoms with Gasteiger partial charge < -0.3 is 14.6 Å². The van der Waals surface area contributed by atoms with Crippen LogP contribution in [0.2, 0.25) is 0 Å². The Labute approximate surface area is 60.3 Å². The highest BCUT2D eigenvalue weighted by molar-refractivity contribution is 4.98. The van der Waals surface area contributed by atoms with Crippen LogP contribution in [0.5, 0.6) is 0 Å². The van der Waals surface area contributed by atoms with Gasteiger partial charge in [-0.3, -0.25) is 0 Å². The monoisotopic (exact) mass is 144 g/mol. The minimum absolute atomic E-state index is 0.0246. The van der Waals surface area contributed by atoms with Gasteiger partial charge in [0, 0.05) is 5.57 Å². The summed E-state index contributed by atoms with van der Waals surface area (Å²) < 4.78 is 10.3. The fraction of sp³-hybridized carbons (Fsp3) is 0.714. The normalized spacial score (nSPS) is 23.9. The highest BCUT2D eigenvalue weighted by Gasteiger charge is 2.21. The molecule has 1 aliphatic heterocycles. The molecule has 0 radical (unpaired) electrons. The Kier molecular flexibility index (Phi) is 2.17. The van der Waals surface area contributed by atoms with Crippen LogP contribution in [0.1, 0.15) is 13.8 Å². The number of hydrogen-bond acceptors (Lipinski definition) is 3. The summed E-state index contributed by atoms with van der Waals surface area (Å²) in [5.74, 6) is 0.569. The van der Waals surface area contributed by atoms with Gasteiger partial charge in [-0.15, -0.1) is 0 Å². The maximum Gasteiger partial charge on any atom is 0.278 e. The zero-order valence-electron chi connectivity index (χ0n) is 6.26. The number of hydrogen-bond donors (Lipinski definition) is 1. The van der Waals surface area contributed by atoms with Crippen molar-refractivity contribution in [1.82, 2.24) is 0 Å². The summed E-state index contributed by atoms with van der Waals surface area (Å²) in [4.78, 5) is 0. The molecule has 1 atom stereocenters. The smallest absolute Gasteiger partial charge is 0.278 e. The van der Waals surface area contributed by atoms with Gasteiger partial charge in [-0.05, 0) is 13.8 Å². The fourth-order valence-electron chi connectivity index (χ4n) is 0.740. The predicted molar refractivity (Wildman–Crippen MR) is 36.3 cm³/mol. The maximum absolute atomic E-state index is 8.64. The van der Waals surface area contributed by atoms with Gasteiger partial charge in [0.1, 0.15) is 6.61 Å². The van der Waals surface area contributed by atoms with E-state index in [0.717, 1.165) is 5.57 Å². The van der Waals surface area contributed by atoms with Crippen molar-refractivity contribution >= 4 is 0 Å². The Morgan fingerprint density at radius 1 is 1.70 bits per heavy atom. The van der Waals surface area contributed by atoms with Crippen LogP contribution in [0.4, 0.5) is 0 Å². The molecule has 3 nitrogen and oxygen atoms in total. The van der Waals surface area contributed by atoms with E-state index in [2.05, 4.69) is 0 Å². The minimum Gasteiger partial charge on any atom is -0.461 e. The molecule has 0 bridgehead atoms. The van der Waals surface area contributed by atoms with E-state index in [1.54, 1.807) is 0 Å². The highest BCUT2D eigenvalue weighted by atomic mass is 16.7. The topological polar surface area (TPSA) is 38.7 Å². The molecule has 1 unspecified atom stereocenters. The molecule has 1 heterocycles. The molecular formula is C7H12O3. The molecule has 0 spiro atoms. The Balaban J connectivity index is 2.51. The molecule has 0 amide bonds. The largest absolute Gasteiger partial charge is 0.461 e. The lowest BCUT2D eigenvalue weighted by atomic mass is 10.4. The first-order chi connectivity index (χ1) is 4.74. The number of aliphatic hydroxyl groups excluding tert-OH is 1. The molecule has 0 saturated carbocycles. The van der Waals surface area contributed by atoms with Crippen LogP contribution in [0.25, 0.3) is 0 Å². The van der Waals surface area contributed by atoms with Crippen LogP contribution in [0, 0.1) is 0 Å². The maximum atomic E-state index is 8.64. The van der Waals surface area contributed by atoms with Gasteiger partial charge in [-0.2, -0.15) is 0 Å². The van der Waals surface area contributed by atoms with Gasteiger partial charge in [-0.1, -0.05) is 0 Å². The second-order valence-electron chi connectivity index (χ2n) is 2.52. The summed E-state index contributed by atoms with van der Waals surface area (Å²) in [6, 6.07) is 0. The van der Waals surface area contributed by atoms with Gasteiger partial charge in [0.05, 0.1) is 6.61 Å². The van der Waals surface area contributed by atoms with Crippen LogP contribution >= 0.6 is 0 Å². The second-order valence-corrected chi connectivity index (χ2v) is 2.52. The quantitative estimate of drug-likeness (QED) is 0.587. The van der Waals surface area contributed by atoms with E-state index in [1.807, 2.05) is 13.8 Å². The molecule has 0 aromatic rings. The third-order valence-electron chi connectivity index (χ3n) is 1.29. The van der Waals surface area contributed by atoms with Gasteiger partial charge in [0.25, 0.3) is 5.95 Å². The van der Waals surface area contributed by atoms with Gasteiger partial charge in [-0.25, -0.2) is 0 Å². The molecule has 0 aromatic carbocycles. The summed E-state index contributed by atoms with van der Waals surface area (Å²) in [5, 5.41) is 8.64. The van der Waals surface area contributed by atoms with Crippen molar-refractivity contribution in [2.75, 3.05) is 13.2 Å². The zero-order valence-corrected chi connectivity index (χ0v) is 6.26. The average Bonchev–Trinajstić information content (AvgIpc) is 2.34. The number of rotatable bonds is 1. The first kappa shape index (κ1) is 7.41. The number of aliphatic hydroxyl groups is 1. The van der Waals surface area contributed by atoms with Crippen molar-refractivity contribution in [3.8, 4) is 0 Å². The molecule has 1 rings (SSSR count). The fourth-order valence-corrected chi connectivity index (χ4v) is 0.740. The first-order valence-electron chi connectivity index (χ1n) is 3.32. The molecule has 10 heavy (non-hydrogen) atoms. The van der Waals surface area contributed by atoms with Crippen molar-refractivity contribution in [2.24, 2.45) is 0 Å². The zero-order chi connectivity index (χ0) is 7.56. The molecule has 58 valence electrons. The van der Waals surface area contributed by atoms with Crippen LogP contribution < -0.4 is 0 Å². The van der Waals surface area contributed by atoms with Crippen molar-refractivity contribution in [3.05, 3.63) is 11.5 Å². The predicted octanol–water partition coefficient (Wildman–Crippen LogP) is 0.645. The first-order valence-corrected chi connectivity index (χ1v) is 3.32. The van der Waals surface area contributed by atoms with Crippen molar-refractivity contribution in [3.63, 3.8) is 0 Å². The highest BCUT2D eigenvalue weighted by Crippen LogP contribution is 2.17. The van der Waals surface area contributed by atoms with Crippen molar-refractivity contribution in [1.29, 1.82) is 0 Å². The molecule has 1 saturated heterocycles. The lowest BCUT2D eigenvalue weighted by Crippen LogP contribution is -2.13. The molecule has 1 fully saturated rings. The van der Waals surface area contributed by atoms with Crippen LogP contribution in [0.15, 0.2) is 11.5 Å². The Hall–Kier alpha value is -0.700. The molecule has 3 heteroatoms.